The summed E-state index contributed by atoms with van der Waals surface area (Å²) in [6.07, 6.45) is 0.817. The van der Waals surface area contributed by atoms with Crippen LogP contribution in [0.4, 0.5) is 0 Å². The Bertz CT molecular complexity index is 456. The first-order valence-corrected chi connectivity index (χ1v) is 6.39. The second kappa shape index (κ2) is 5.82. The SMILES string of the molecule is COc1ccccc1CC(NN)c1ccsc1. The number of thiophene rings is 1. The Labute approximate surface area is 105 Å². The number of nitrogens with one attached hydrogen (secondary N) is 1. The average Bonchev–Trinajstić information content (AvgIpc) is 2.90. The minimum absolute atomic E-state index is 0.123. The van der Waals surface area contributed by atoms with Crippen LogP contribution in [0.15, 0.2) is 41.1 Å². The smallest absolute Gasteiger partial charge is 0.122 e. The number of para-hydroxylation sites is 1. The number of ether oxygens (including phenoxy) is 1. The van der Waals surface area contributed by atoms with Crippen LogP contribution in [0.25, 0.3) is 0 Å². The molecule has 4 heteroatoms. The van der Waals surface area contributed by atoms with Crippen molar-refractivity contribution in [3.63, 3.8) is 0 Å². The fraction of sp³-hybridized carbons (Fsp3) is 0.231. The number of rotatable bonds is 5. The van der Waals surface area contributed by atoms with E-state index in [4.69, 9.17) is 10.6 Å². The lowest BCUT2D eigenvalue weighted by Gasteiger charge is -2.16. The van der Waals surface area contributed by atoms with E-state index in [0.717, 1.165) is 17.7 Å². The number of methoxy groups -OCH3 is 1. The zero-order valence-electron chi connectivity index (χ0n) is 9.72. The van der Waals surface area contributed by atoms with Gasteiger partial charge in [-0.15, -0.1) is 0 Å². The molecule has 0 spiro atoms. The van der Waals surface area contributed by atoms with Crippen LogP contribution in [0.5, 0.6) is 5.75 Å². The minimum atomic E-state index is 0.123. The molecule has 0 saturated carbocycles. The molecule has 90 valence electrons. The molecule has 0 bridgehead atoms. The monoisotopic (exact) mass is 248 g/mol. The maximum atomic E-state index is 5.62. The molecular weight excluding hydrogens is 232 g/mol. The lowest BCUT2D eigenvalue weighted by atomic mass is 10.0. The Morgan fingerprint density at radius 1 is 1.35 bits per heavy atom. The Morgan fingerprint density at radius 3 is 2.82 bits per heavy atom. The van der Waals surface area contributed by atoms with Gasteiger partial charge in [-0.25, -0.2) is 0 Å². The predicted octanol–water partition coefficient (Wildman–Crippen LogP) is 2.50. The molecule has 1 aromatic carbocycles. The minimum Gasteiger partial charge on any atom is -0.496 e. The van der Waals surface area contributed by atoms with Gasteiger partial charge in [0.05, 0.1) is 13.2 Å². The third-order valence-corrected chi connectivity index (χ3v) is 3.46. The van der Waals surface area contributed by atoms with E-state index in [-0.39, 0.29) is 6.04 Å². The highest BCUT2D eigenvalue weighted by atomic mass is 32.1. The van der Waals surface area contributed by atoms with Gasteiger partial charge >= 0.3 is 0 Å². The summed E-state index contributed by atoms with van der Waals surface area (Å²) in [4.78, 5) is 0. The first-order chi connectivity index (χ1) is 8.35. The molecule has 0 amide bonds. The first-order valence-electron chi connectivity index (χ1n) is 5.45. The number of hydrogen-bond acceptors (Lipinski definition) is 4. The predicted molar refractivity (Wildman–Crippen MR) is 71.1 cm³/mol. The van der Waals surface area contributed by atoms with Crippen molar-refractivity contribution in [2.75, 3.05) is 7.11 Å². The van der Waals surface area contributed by atoms with E-state index in [0.29, 0.717) is 0 Å². The van der Waals surface area contributed by atoms with E-state index >= 15 is 0 Å². The van der Waals surface area contributed by atoms with Crippen molar-refractivity contribution in [2.24, 2.45) is 5.84 Å². The van der Waals surface area contributed by atoms with Crippen molar-refractivity contribution in [3.8, 4) is 5.75 Å². The summed E-state index contributed by atoms with van der Waals surface area (Å²) >= 11 is 1.68. The van der Waals surface area contributed by atoms with Crippen LogP contribution in [-0.2, 0) is 6.42 Å². The van der Waals surface area contributed by atoms with Crippen LogP contribution in [0.3, 0.4) is 0 Å². The molecule has 0 aliphatic heterocycles. The second-order valence-electron chi connectivity index (χ2n) is 3.79. The van der Waals surface area contributed by atoms with E-state index in [2.05, 4.69) is 28.3 Å². The summed E-state index contributed by atoms with van der Waals surface area (Å²) in [5.74, 6) is 6.52. The Balaban J connectivity index is 2.18. The highest BCUT2D eigenvalue weighted by molar-refractivity contribution is 7.07. The third kappa shape index (κ3) is 2.85. The van der Waals surface area contributed by atoms with Gasteiger partial charge in [-0.1, -0.05) is 18.2 Å². The molecule has 3 nitrogen and oxygen atoms in total. The number of hydrogen-bond donors (Lipinski definition) is 2. The molecule has 1 atom stereocenters. The topological polar surface area (TPSA) is 47.3 Å². The van der Waals surface area contributed by atoms with Crippen LogP contribution >= 0.6 is 11.3 Å². The number of nitrogens with two attached hydrogens (primary N) is 1. The quantitative estimate of drug-likeness (QED) is 0.631. The molecule has 0 saturated heterocycles. The van der Waals surface area contributed by atoms with Gasteiger partial charge in [-0.2, -0.15) is 11.3 Å². The van der Waals surface area contributed by atoms with Crippen LogP contribution < -0.4 is 16.0 Å². The van der Waals surface area contributed by atoms with E-state index in [1.807, 2.05) is 18.2 Å². The van der Waals surface area contributed by atoms with Crippen LogP contribution in [0, 0.1) is 0 Å². The standard InChI is InChI=1S/C13H16N2OS/c1-16-13-5-3-2-4-10(13)8-12(15-14)11-6-7-17-9-11/h2-7,9,12,15H,8,14H2,1H3. The van der Waals surface area contributed by atoms with Crippen LogP contribution in [-0.4, -0.2) is 7.11 Å². The largest absolute Gasteiger partial charge is 0.496 e. The number of hydrazine groups is 1. The summed E-state index contributed by atoms with van der Waals surface area (Å²) in [6.45, 7) is 0. The summed E-state index contributed by atoms with van der Waals surface area (Å²) in [6, 6.07) is 10.2. The molecular formula is C13H16N2OS. The fourth-order valence-electron chi connectivity index (χ4n) is 1.84. The summed E-state index contributed by atoms with van der Waals surface area (Å²) < 4.78 is 5.34. The Hall–Kier alpha value is -1.36. The van der Waals surface area contributed by atoms with Gasteiger partial charge in [-0.05, 0) is 40.4 Å². The van der Waals surface area contributed by atoms with Crippen molar-refractivity contribution in [1.29, 1.82) is 0 Å². The molecule has 0 fully saturated rings. The Morgan fingerprint density at radius 2 is 2.18 bits per heavy atom. The maximum Gasteiger partial charge on any atom is 0.122 e. The Kier molecular flexibility index (Phi) is 4.14. The van der Waals surface area contributed by atoms with Gasteiger partial charge in [0, 0.05) is 0 Å². The molecule has 0 aliphatic rings. The van der Waals surface area contributed by atoms with E-state index in [1.54, 1.807) is 18.4 Å². The van der Waals surface area contributed by atoms with E-state index in [9.17, 15) is 0 Å². The van der Waals surface area contributed by atoms with Gasteiger partial charge in [-0.3, -0.25) is 11.3 Å². The van der Waals surface area contributed by atoms with Crippen molar-refractivity contribution < 1.29 is 4.74 Å². The normalized spacial score (nSPS) is 12.4. The van der Waals surface area contributed by atoms with Gasteiger partial charge in [0.25, 0.3) is 0 Å². The molecule has 17 heavy (non-hydrogen) atoms. The molecule has 2 aromatic rings. The van der Waals surface area contributed by atoms with E-state index < -0.39 is 0 Å². The lowest BCUT2D eigenvalue weighted by molar-refractivity contribution is 0.405. The van der Waals surface area contributed by atoms with Crippen molar-refractivity contribution in [1.82, 2.24) is 5.43 Å². The fourth-order valence-corrected chi connectivity index (χ4v) is 2.55. The average molecular weight is 248 g/mol. The molecule has 1 unspecified atom stereocenters. The van der Waals surface area contributed by atoms with Gasteiger partial charge in [0.1, 0.15) is 5.75 Å². The molecule has 1 heterocycles. The molecule has 3 N–H and O–H groups in total. The van der Waals surface area contributed by atoms with Crippen molar-refractivity contribution in [2.45, 2.75) is 12.5 Å². The van der Waals surface area contributed by atoms with Gasteiger partial charge in [0.15, 0.2) is 0 Å². The van der Waals surface area contributed by atoms with Gasteiger partial charge in [0.2, 0.25) is 0 Å². The highest BCUT2D eigenvalue weighted by Gasteiger charge is 2.13. The van der Waals surface area contributed by atoms with Crippen molar-refractivity contribution in [3.05, 3.63) is 52.2 Å². The maximum absolute atomic E-state index is 5.62. The zero-order chi connectivity index (χ0) is 12.1. The lowest BCUT2D eigenvalue weighted by Crippen LogP contribution is -2.29. The first kappa shape index (κ1) is 12.1. The van der Waals surface area contributed by atoms with Crippen LogP contribution in [0.1, 0.15) is 17.2 Å². The highest BCUT2D eigenvalue weighted by Crippen LogP contribution is 2.25. The summed E-state index contributed by atoms with van der Waals surface area (Å²) in [7, 11) is 1.69. The molecule has 2 rings (SSSR count). The summed E-state index contributed by atoms with van der Waals surface area (Å²) in [5.41, 5.74) is 5.22. The second-order valence-corrected chi connectivity index (χ2v) is 4.57. The molecule has 1 aromatic heterocycles. The van der Waals surface area contributed by atoms with Crippen LogP contribution in [0.2, 0.25) is 0 Å². The number of benzene rings is 1. The third-order valence-electron chi connectivity index (χ3n) is 2.76. The van der Waals surface area contributed by atoms with E-state index in [1.165, 1.54) is 5.56 Å². The molecule has 0 aliphatic carbocycles. The molecule has 0 radical (unpaired) electrons. The van der Waals surface area contributed by atoms with Gasteiger partial charge < -0.3 is 4.74 Å². The summed E-state index contributed by atoms with van der Waals surface area (Å²) in [5, 5.41) is 4.17. The zero-order valence-corrected chi connectivity index (χ0v) is 10.5. The van der Waals surface area contributed by atoms with Crippen molar-refractivity contribution >= 4 is 11.3 Å².